The van der Waals surface area contributed by atoms with E-state index in [1.165, 1.54) is 0 Å². The molecule has 0 aliphatic carbocycles. The maximum absolute atomic E-state index is 12.2. The summed E-state index contributed by atoms with van der Waals surface area (Å²) in [5, 5.41) is 0. The van der Waals surface area contributed by atoms with Gasteiger partial charge in [-0.1, -0.05) is 42.5 Å². The topological polar surface area (TPSA) is 55.6 Å². The molecule has 0 aliphatic heterocycles. The van der Waals surface area contributed by atoms with Crippen molar-refractivity contribution in [1.29, 1.82) is 0 Å². The van der Waals surface area contributed by atoms with Crippen LogP contribution >= 0.6 is 12.4 Å². The number of ether oxygens (including phenoxy) is 1. The molecule has 5 heteroatoms. The predicted molar refractivity (Wildman–Crippen MR) is 104 cm³/mol. The zero-order chi connectivity index (χ0) is 17.4. The molecule has 1 amide bonds. The Labute approximate surface area is 156 Å². The smallest absolute Gasteiger partial charge is 0.239 e. The van der Waals surface area contributed by atoms with Crippen molar-refractivity contribution >= 4 is 18.3 Å². The highest BCUT2D eigenvalue weighted by atomic mass is 35.5. The van der Waals surface area contributed by atoms with Crippen LogP contribution in [-0.4, -0.2) is 29.9 Å². The van der Waals surface area contributed by atoms with Gasteiger partial charge in [-0.15, -0.1) is 12.4 Å². The highest BCUT2D eigenvalue weighted by Gasteiger charge is 2.18. The number of carbonyl (C=O) groups is 1. The summed E-state index contributed by atoms with van der Waals surface area (Å²) in [6.07, 6.45) is 0.536. The Morgan fingerprint density at radius 3 is 2.16 bits per heavy atom. The summed E-state index contributed by atoms with van der Waals surface area (Å²) in [6.45, 7) is 5.85. The van der Waals surface area contributed by atoms with Gasteiger partial charge < -0.3 is 15.4 Å². The zero-order valence-electron chi connectivity index (χ0n) is 14.9. The fourth-order valence-corrected chi connectivity index (χ4v) is 2.57. The van der Waals surface area contributed by atoms with Gasteiger partial charge in [0.15, 0.2) is 0 Å². The van der Waals surface area contributed by atoms with E-state index in [2.05, 4.69) is 0 Å². The van der Waals surface area contributed by atoms with Crippen molar-refractivity contribution in [2.45, 2.75) is 32.9 Å². The lowest BCUT2D eigenvalue weighted by molar-refractivity contribution is -0.132. The first-order valence-electron chi connectivity index (χ1n) is 8.44. The lowest BCUT2D eigenvalue weighted by Gasteiger charge is -2.22. The summed E-state index contributed by atoms with van der Waals surface area (Å²) in [6, 6.07) is 17.3. The Morgan fingerprint density at radius 2 is 1.60 bits per heavy atom. The number of nitrogens with two attached hydrogens (primary N) is 1. The number of hydrogen-bond acceptors (Lipinski definition) is 3. The highest BCUT2D eigenvalue weighted by Crippen LogP contribution is 2.15. The SMILES string of the molecule is CCN(CC)C(=O)[C@@H](N)Cc1ccc(OCc2ccccc2)cc1.Cl. The van der Waals surface area contributed by atoms with Crippen molar-refractivity contribution in [3.8, 4) is 5.75 Å². The van der Waals surface area contributed by atoms with E-state index in [4.69, 9.17) is 10.5 Å². The van der Waals surface area contributed by atoms with Gasteiger partial charge in [0.25, 0.3) is 0 Å². The maximum atomic E-state index is 12.2. The van der Waals surface area contributed by atoms with E-state index in [0.29, 0.717) is 26.1 Å². The minimum atomic E-state index is -0.499. The van der Waals surface area contributed by atoms with Crippen molar-refractivity contribution in [3.63, 3.8) is 0 Å². The van der Waals surface area contributed by atoms with Gasteiger partial charge in [0.05, 0.1) is 6.04 Å². The molecular weight excluding hydrogens is 336 g/mol. The zero-order valence-corrected chi connectivity index (χ0v) is 15.7. The summed E-state index contributed by atoms with van der Waals surface area (Å²) in [4.78, 5) is 14.0. The van der Waals surface area contributed by atoms with Gasteiger partial charge in [0.2, 0.25) is 5.91 Å². The Morgan fingerprint density at radius 1 is 1.00 bits per heavy atom. The van der Waals surface area contributed by atoms with Crippen molar-refractivity contribution in [2.24, 2.45) is 5.73 Å². The van der Waals surface area contributed by atoms with Crippen LogP contribution in [0.2, 0.25) is 0 Å². The number of amides is 1. The molecule has 0 aliphatic rings. The number of halogens is 1. The van der Waals surface area contributed by atoms with E-state index in [1.54, 1.807) is 4.90 Å². The molecule has 0 spiro atoms. The number of benzene rings is 2. The fraction of sp³-hybridized carbons (Fsp3) is 0.350. The van der Waals surface area contributed by atoms with E-state index in [1.807, 2.05) is 68.4 Å². The number of nitrogens with zero attached hydrogens (tertiary/aromatic N) is 1. The second-order valence-electron chi connectivity index (χ2n) is 5.74. The molecule has 0 unspecified atom stereocenters. The Hall–Kier alpha value is -2.04. The minimum Gasteiger partial charge on any atom is -0.489 e. The normalized spacial score (nSPS) is 11.3. The van der Waals surface area contributed by atoms with Crippen LogP contribution in [0.3, 0.4) is 0 Å². The summed E-state index contributed by atoms with van der Waals surface area (Å²) >= 11 is 0. The van der Waals surface area contributed by atoms with Gasteiger partial charge in [0.1, 0.15) is 12.4 Å². The first-order valence-corrected chi connectivity index (χ1v) is 8.44. The quantitative estimate of drug-likeness (QED) is 0.782. The van der Waals surface area contributed by atoms with Crippen LogP contribution < -0.4 is 10.5 Å². The first-order chi connectivity index (χ1) is 11.6. The summed E-state index contributed by atoms with van der Waals surface area (Å²) in [5.41, 5.74) is 8.22. The largest absolute Gasteiger partial charge is 0.489 e. The molecule has 0 fully saturated rings. The standard InChI is InChI=1S/C20H26N2O2.ClH/c1-3-22(4-2)20(23)19(21)14-16-10-12-18(13-11-16)24-15-17-8-6-5-7-9-17;/h5-13,19H,3-4,14-15,21H2,1-2H3;1H/t19-;/m0./s1. The van der Waals surface area contributed by atoms with E-state index in [-0.39, 0.29) is 18.3 Å². The minimum absolute atomic E-state index is 0. The molecular formula is C20H27ClN2O2. The Bertz CT molecular complexity index is 628. The molecule has 2 aromatic carbocycles. The molecule has 1 atom stereocenters. The maximum Gasteiger partial charge on any atom is 0.239 e. The molecule has 0 saturated heterocycles. The number of hydrogen-bond donors (Lipinski definition) is 1. The monoisotopic (exact) mass is 362 g/mol. The molecule has 2 N–H and O–H groups in total. The molecule has 4 nitrogen and oxygen atoms in total. The van der Waals surface area contributed by atoms with Gasteiger partial charge in [-0.2, -0.15) is 0 Å². The molecule has 0 radical (unpaired) electrons. The van der Waals surface area contributed by atoms with Gasteiger partial charge in [-0.3, -0.25) is 4.79 Å². The van der Waals surface area contributed by atoms with E-state index in [9.17, 15) is 4.79 Å². The van der Waals surface area contributed by atoms with Crippen LogP contribution in [0.25, 0.3) is 0 Å². The number of likely N-dealkylation sites (N-methyl/N-ethyl adjacent to an activating group) is 1. The summed E-state index contributed by atoms with van der Waals surface area (Å²) in [7, 11) is 0. The van der Waals surface area contributed by atoms with E-state index < -0.39 is 6.04 Å². The summed E-state index contributed by atoms with van der Waals surface area (Å²) in [5.74, 6) is 0.815. The molecule has 25 heavy (non-hydrogen) atoms. The molecule has 2 rings (SSSR count). The lowest BCUT2D eigenvalue weighted by atomic mass is 10.1. The molecule has 136 valence electrons. The van der Waals surface area contributed by atoms with Crippen LogP contribution in [0.4, 0.5) is 0 Å². The van der Waals surface area contributed by atoms with Crippen molar-refractivity contribution in [3.05, 3.63) is 65.7 Å². The second kappa shape index (κ2) is 10.7. The third kappa shape index (κ3) is 6.40. The Kier molecular flexibility index (Phi) is 9.03. The molecule has 2 aromatic rings. The van der Waals surface area contributed by atoms with Crippen LogP contribution in [0, 0.1) is 0 Å². The van der Waals surface area contributed by atoms with Gasteiger partial charge in [-0.25, -0.2) is 0 Å². The fourth-order valence-electron chi connectivity index (χ4n) is 2.57. The molecule has 0 saturated carbocycles. The molecule has 0 heterocycles. The average Bonchev–Trinajstić information content (AvgIpc) is 2.63. The van der Waals surface area contributed by atoms with Gasteiger partial charge in [-0.05, 0) is 43.5 Å². The van der Waals surface area contributed by atoms with E-state index in [0.717, 1.165) is 16.9 Å². The third-order valence-electron chi connectivity index (χ3n) is 4.02. The van der Waals surface area contributed by atoms with E-state index >= 15 is 0 Å². The number of carbonyl (C=O) groups excluding carboxylic acids is 1. The second-order valence-corrected chi connectivity index (χ2v) is 5.74. The predicted octanol–water partition coefficient (Wildman–Crippen LogP) is 3.43. The third-order valence-corrected chi connectivity index (χ3v) is 4.02. The Balaban J connectivity index is 0.00000312. The van der Waals surface area contributed by atoms with Crippen molar-refractivity contribution in [1.82, 2.24) is 4.90 Å². The lowest BCUT2D eigenvalue weighted by Crippen LogP contribution is -2.44. The average molecular weight is 363 g/mol. The van der Waals surface area contributed by atoms with Gasteiger partial charge in [0, 0.05) is 13.1 Å². The van der Waals surface area contributed by atoms with Gasteiger partial charge >= 0.3 is 0 Å². The molecule has 0 aromatic heterocycles. The van der Waals surface area contributed by atoms with Crippen LogP contribution in [-0.2, 0) is 17.8 Å². The number of rotatable bonds is 8. The van der Waals surface area contributed by atoms with Crippen molar-refractivity contribution < 1.29 is 9.53 Å². The van der Waals surface area contributed by atoms with Crippen LogP contribution in [0.1, 0.15) is 25.0 Å². The van der Waals surface area contributed by atoms with Crippen molar-refractivity contribution in [2.75, 3.05) is 13.1 Å². The van der Waals surface area contributed by atoms with Crippen LogP contribution in [0.15, 0.2) is 54.6 Å². The highest BCUT2D eigenvalue weighted by molar-refractivity contribution is 5.85. The first kappa shape index (κ1) is 21.0. The van der Waals surface area contributed by atoms with Crippen LogP contribution in [0.5, 0.6) is 5.75 Å². The molecule has 0 bridgehead atoms. The summed E-state index contributed by atoms with van der Waals surface area (Å²) < 4.78 is 5.77.